The van der Waals surface area contributed by atoms with Crippen molar-refractivity contribution in [3.05, 3.63) is 47.2 Å². The van der Waals surface area contributed by atoms with Gasteiger partial charge in [0.05, 0.1) is 6.04 Å². The smallest absolute Gasteiger partial charge is 0.192 e. The third kappa shape index (κ3) is 2.43. The SMILES string of the molecule is CC[C@H]1NC(=S)NC(C)=C1C(=O)c1ccccc1. The van der Waals surface area contributed by atoms with Gasteiger partial charge in [-0.2, -0.15) is 0 Å². The molecule has 1 atom stereocenters. The quantitative estimate of drug-likeness (QED) is 0.647. The fourth-order valence-electron chi connectivity index (χ4n) is 2.15. The maximum absolute atomic E-state index is 12.5. The Balaban J connectivity index is 2.39. The van der Waals surface area contributed by atoms with Crippen molar-refractivity contribution >= 4 is 23.1 Å². The Hall–Kier alpha value is -1.68. The number of thiocarbonyl (C=S) groups is 1. The van der Waals surface area contributed by atoms with Crippen LogP contribution < -0.4 is 10.6 Å². The summed E-state index contributed by atoms with van der Waals surface area (Å²) >= 11 is 5.11. The molecule has 0 fully saturated rings. The highest BCUT2D eigenvalue weighted by Gasteiger charge is 2.27. The maximum Gasteiger partial charge on any atom is 0.192 e. The number of Topliss-reactive ketones (excluding diaryl/α,β-unsaturated/α-hetero) is 1. The normalized spacial score (nSPS) is 19.2. The second-order valence-electron chi connectivity index (χ2n) is 4.29. The summed E-state index contributed by atoms with van der Waals surface area (Å²) in [5.74, 6) is 0.0578. The van der Waals surface area contributed by atoms with Crippen LogP contribution in [0.2, 0.25) is 0 Å². The summed E-state index contributed by atoms with van der Waals surface area (Å²) in [6.45, 7) is 3.93. The van der Waals surface area contributed by atoms with Gasteiger partial charge in [-0.25, -0.2) is 0 Å². The molecule has 2 rings (SSSR count). The van der Waals surface area contributed by atoms with E-state index >= 15 is 0 Å². The third-order valence-corrected chi connectivity index (χ3v) is 3.27. The molecule has 1 heterocycles. The lowest BCUT2D eigenvalue weighted by Gasteiger charge is -2.29. The number of nitrogens with one attached hydrogen (secondary N) is 2. The van der Waals surface area contributed by atoms with E-state index in [9.17, 15) is 4.79 Å². The van der Waals surface area contributed by atoms with Crippen LogP contribution in [0.3, 0.4) is 0 Å². The summed E-state index contributed by atoms with van der Waals surface area (Å²) in [7, 11) is 0. The molecule has 1 aliphatic rings. The van der Waals surface area contributed by atoms with Gasteiger partial charge >= 0.3 is 0 Å². The first-order valence-corrected chi connectivity index (χ1v) is 6.42. The molecule has 0 spiro atoms. The van der Waals surface area contributed by atoms with Crippen LogP contribution in [0.5, 0.6) is 0 Å². The van der Waals surface area contributed by atoms with E-state index in [4.69, 9.17) is 12.2 Å². The highest BCUT2D eigenvalue weighted by molar-refractivity contribution is 7.80. The van der Waals surface area contributed by atoms with Gasteiger partial charge in [0.2, 0.25) is 0 Å². The van der Waals surface area contributed by atoms with E-state index in [1.165, 1.54) is 0 Å². The first-order chi connectivity index (χ1) is 8.63. The molecule has 0 aliphatic carbocycles. The monoisotopic (exact) mass is 260 g/mol. The Labute approximate surface area is 112 Å². The molecule has 18 heavy (non-hydrogen) atoms. The number of carbonyl (C=O) groups is 1. The number of allylic oxidation sites excluding steroid dienone is 1. The van der Waals surface area contributed by atoms with E-state index in [-0.39, 0.29) is 11.8 Å². The van der Waals surface area contributed by atoms with Crippen molar-refractivity contribution in [3.8, 4) is 0 Å². The molecule has 0 unspecified atom stereocenters. The highest BCUT2D eigenvalue weighted by Crippen LogP contribution is 2.19. The van der Waals surface area contributed by atoms with Gasteiger partial charge in [-0.3, -0.25) is 4.79 Å². The molecular weight excluding hydrogens is 244 g/mol. The zero-order valence-electron chi connectivity index (χ0n) is 10.5. The second-order valence-corrected chi connectivity index (χ2v) is 4.70. The zero-order valence-corrected chi connectivity index (χ0v) is 11.3. The zero-order chi connectivity index (χ0) is 13.1. The maximum atomic E-state index is 12.5. The van der Waals surface area contributed by atoms with Gasteiger partial charge < -0.3 is 10.6 Å². The van der Waals surface area contributed by atoms with Crippen LogP contribution in [0, 0.1) is 0 Å². The summed E-state index contributed by atoms with van der Waals surface area (Å²) in [6.07, 6.45) is 0.826. The number of rotatable bonds is 3. The molecule has 1 aromatic carbocycles. The van der Waals surface area contributed by atoms with E-state index in [0.29, 0.717) is 10.7 Å². The van der Waals surface area contributed by atoms with E-state index in [1.807, 2.05) is 44.2 Å². The van der Waals surface area contributed by atoms with Crippen LogP contribution in [0.15, 0.2) is 41.6 Å². The van der Waals surface area contributed by atoms with Gasteiger partial charge in [-0.15, -0.1) is 0 Å². The molecule has 3 nitrogen and oxygen atoms in total. The average Bonchev–Trinajstić information content (AvgIpc) is 2.38. The number of benzene rings is 1. The van der Waals surface area contributed by atoms with Gasteiger partial charge in [0.15, 0.2) is 10.9 Å². The number of carbonyl (C=O) groups excluding carboxylic acids is 1. The lowest BCUT2D eigenvalue weighted by atomic mass is 9.93. The summed E-state index contributed by atoms with van der Waals surface area (Å²) in [5.41, 5.74) is 2.33. The molecule has 4 heteroatoms. The summed E-state index contributed by atoms with van der Waals surface area (Å²) in [6, 6.07) is 9.31. The van der Waals surface area contributed by atoms with Crippen LogP contribution in [0.1, 0.15) is 30.6 Å². The van der Waals surface area contributed by atoms with E-state index in [0.717, 1.165) is 17.7 Å². The Morgan fingerprint density at radius 1 is 1.33 bits per heavy atom. The van der Waals surface area contributed by atoms with Crippen molar-refractivity contribution < 1.29 is 4.79 Å². The number of hydrogen-bond acceptors (Lipinski definition) is 2. The van der Waals surface area contributed by atoms with E-state index in [2.05, 4.69) is 10.6 Å². The standard InChI is InChI=1S/C14H16N2OS/c1-3-11-12(9(2)15-14(18)16-11)13(17)10-7-5-4-6-8-10/h4-8,11H,3H2,1-2H3,(H2,15,16,18)/t11-/m1/s1. The van der Waals surface area contributed by atoms with Gasteiger partial charge in [0.25, 0.3) is 0 Å². The molecule has 1 aromatic rings. The Kier molecular flexibility index (Phi) is 3.77. The minimum Gasteiger partial charge on any atom is -0.355 e. The lowest BCUT2D eigenvalue weighted by Crippen LogP contribution is -2.49. The van der Waals surface area contributed by atoms with Crippen LogP contribution in [0.25, 0.3) is 0 Å². The summed E-state index contributed by atoms with van der Waals surface area (Å²) in [5, 5.41) is 6.75. The first-order valence-electron chi connectivity index (χ1n) is 6.01. The fraction of sp³-hybridized carbons (Fsp3) is 0.286. The van der Waals surface area contributed by atoms with E-state index in [1.54, 1.807) is 0 Å². The van der Waals surface area contributed by atoms with Crippen molar-refractivity contribution in [2.45, 2.75) is 26.3 Å². The highest BCUT2D eigenvalue weighted by atomic mass is 32.1. The van der Waals surface area contributed by atoms with Gasteiger partial charge in [0, 0.05) is 16.8 Å². The van der Waals surface area contributed by atoms with Crippen molar-refractivity contribution in [3.63, 3.8) is 0 Å². The van der Waals surface area contributed by atoms with Gasteiger partial charge in [-0.1, -0.05) is 37.3 Å². The van der Waals surface area contributed by atoms with Crippen LogP contribution in [-0.2, 0) is 0 Å². The van der Waals surface area contributed by atoms with Crippen LogP contribution in [-0.4, -0.2) is 16.9 Å². The minimum atomic E-state index is -0.00791. The predicted molar refractivity (Wildman–Crippen MR) is 76.4 cm³/mol. The van der Waals surface area contributed by atoms with Gasteiger partial charge in [-0.05, 0) is 25.6 Å². The molecule has 0 saturated carbocycles. The van der Waals surface area contributed by atoms with Crippen LogP contribution in [0.4, 0.5) is 0 Å². The van der Waals surface area contributed by atoms with Crippen molar-refractivity contribution in [1.82, 2.24) is 10.6 Å². The minimum absolute atomic E-state index is 0.00791. The number of hydrogen-bond donors (Lipinski definition) is 2. The molecule has 2 N–H and O–H groups in total. The van der Waals surface area contributed by atoms with E-state index < -0.39 is 0 Å². The Morgan fingerprint density at radius 3 is 2.61 bits per heavy atom. The first kappa shape index (κ1) is 12.8. The molecule has 0 aromatic heterocycles. The lowest BCUT2D eigenvalue weighted by molar-refractivity contribution is 0.102. The summed E-state index contributed by atoms with van der Waals surface area (Å²) in [4.78, 5) is 12.5. The van der Waals surface area contributed by atoms with Crippen molar-refractivity contribution in [1.29, 1.82) is 0 Å². The molecular formula is C14H16N2OS. The topological polar surface area (TPSA) is 41.1 Å². The average molecular weight is 260 g/mol. The molecule has 94 valence electrons. The molecule has 0 saturated heterocycles. The molecule has 0 radical (unpaired) electrons. The largest absolute Gasteiger partial charge is 0.355 e. The van der Waals surface area contributed by atoms with Gasteiger partial charge in [0.1, 0.15) is 0 Å². The second kappa shape index (κ2) is 5.31. The van der Waals surface area contributed by atoms with Crippen molar-refractivity contribution in [2.24, 2.45) is 0 Å². The predicted octanol–water partition coefficient (Wildman–Crippen LogP) is 2.40. The third-order valence-electron chi connectivity index (χ3n) is 3.05. The van der Waals surface area contributed by atoms with Crippen LogP contribution >= 0.6 is 12.2 Å². The fourth-order valence-corrected chi connectivity index (χ4v) is 2.44. The molecule has 1 aliphatic heterocycles. The molecule has 0 amide bonds. The Morgan fingerprint density at radius 2 is 2.00 bits per heavy atom. The van der Waals surface area contributed by atoms with Crippen molar-refractivity contribution in [2.75, 3.05) is 0 Å². The summed E-state index contributed by atoms with van der Waals surface area (Å²) < 4.78 is 0. The Bertz CT molecular complexity index is 508. The number of ketones is 1. The molecule has 0 bridgehead atoms.